The number of nitrogens with one attached hydrogen (secondary N) is 1. The molecule has 2 rings (SSSR count). The molecular formula is C15H18F4N2O2. The lowest BCUT2D eigenvalue weighted by Crippen LogP contribution is -2.45. The Labute approximate surface area is 131 Å². The van der Waals surface area contributed by atoms with E-state index in [1.54, 1.807) is 4.90 Å². The molecule has 1 heterocycles. The van der Waals surface area contributed by atoms with Crippen molar-refractivity contribution in [3.63, 3.8) is 0 Å². The molecule has 1 saturated heterocycles. The van der Waals surface area contributed by atoms with E-state index in [0.29, 0.717) is 30.7 Å². The predicted molar refractivity (Wildman–Crippen MR) is 75.4 cm³/mol. The molecule has 0 spiro atoms. The Kier molecular flexibility index (Phi) is 5.46. The molecule has 0 radical (unpaired) electrons. The number of nitrogens with zero attached hydrogens (tertiary/aromatic N) is 1. The Morgan fingerprint density at radius 1 is 1.43 bits per heavy atom. The highest BCUT2D eigenvalue weighted by Gasteiger charge is 2.34. The molecular weight excluding hydrogens is 316 g/mol. The van der Waals surface area contributed by atoms with Gasteiger partial charge in [0.2, 0.25) is 5.91 Å². The monoisotopic (exact) mass is 334 g/mol. The lowest BCUT2D eigenvalue weighted by atomic mass is 10.1. The number of halogens is 4. The van der Waals surface area contributed by atoms with Gasteiger partial charge in [-0.3, -0.25) is 9.69 Å². The number of methoxy groups -OCH3 is 1. The lowest BCUT2D eigenvalue weighted by molar-refractivity contribution is -0.141. The molecule has 1 N–H and O–H groups in total. The van der Waals surface area contributed by atoms with E-state index in [1.807, 2.05) is 5.32 Å². The number of benzene rings is 1. The number of ether oxygens (including phenoxy) is 1. The Bertz CT molecular complexity index is 563. The summed E-state index contributed by atoms with van der Waals surface area (Å²) in [6.45, 7) is -0.547. The summed E-state index contributed by atoms with van der Waals surface area (Å²) in [6.07, 6.45) is -3.27. The average molecular weight is 334 g/mol. The van der Waals surface area contributed by atoms with Crippen LogP contribution in [0.25, 0.3) is 0 Å². The van der Waals surface area contributed by atoms with E-state index in [4.69, 9.17) is 4.74 Å². The zero-order valence-corrected chi connectivity index (χ0v) is 12.6. The zero-order chi connectivity index (χ0) is 17.0. The van der Waals surface area contributed by atoms with Crippen LogP contribution in [0.4, 0.5) is 17.6 Å². The van der Waals surface area contributed by atoms with Gasteiger partial charge in [-0.1, -0.05) is 0 Å². The summed E-state index contributed by atoms with van der Waals surface area (Å²) in [5.41, 5.74) is 0.558. The summed E-state index contributed by atoms with van der Waals surface area (Å²) in [5, 5.41) is 1.91. The third kappa shape index (κ3) is 4.82. The molecule has 1 amide bonds. The van der Waals surface area contributed by atoms with Crippen molar-refractivity contribution in [3.05, 3.63) is 29.6 Å². The topological polar surface area (TPSA) is 41.6 Å². The van der Waals surface area contributed by atoms with Crippen molar-refractivity contribution in [2.75, 3.05) is 20.2 Å². The van der Waals surface area contributed by atoms with Gasteiger partial charge in [-0.15, -0.1) is 0 Å². The van der Waals surface area contributed by atoms with Crippen molar-refractivity contribution in [2.24, 2.45) is 0 Å². The van der Waals surface area contributed by atoms with Crippen LogP contribution >= 0.6 is 0 Å². The van der Waals surface area contributed by atoms with Gasteiger partial charge in [0.15, 0.2) is 0 Å². The first-order valence-electron chi connectivity index (χ1n) is 7.21. The third-order valence-electron chi connectivity index (χ3n) is 3.75. The molecule has 0 aromatic heterocycles. The summed E-state index contributed by atoms with van der Waals surface area (Å²) in [5.74, 6) is -0.610. The first-order chi connectivity index (χ1) is 10.8. The Morgan fingerprint density at radius 2 is 2.17 bits per heavy atom. The Hall–Kier alpha value is -1.83. The maximum Gasteiger partial charge on any atom is 0.405 e. The number of likely N-dealkylation sites (tertiary alicyclic amines) is 1. The molecule has 4 nitrogen and oxygen atoms in total. The van der Waals surface area contributed by atoms with Crippen molar-refractivity contribution < 1.29 is 27.1 Å². The normalized spacial score (nSPS) is 18.9. The molecule has 1 aliphatic rings. The summed E-state index contributed by atoms with van der Waals surface area (Å²) in [7, 11) is 1.45. The minimum atomic E-state index is -4.44. The number of amides is 1. The number of carbonyl (C=O) groups is 1. The molecule has 0 unspecified atom stereocenters. The molecule has 128 valence electrons. The highest BCUT2D eigenvalue weighted by Crippen LogP contribution is 2.26. The second-order valence-corrected chi connectivity index (χ2v) is 5.42. The van der Waals surface area contributed by atoms with Gasteiger partial charge in [-0.05, 0) is 37.6 Å². The standard InChI is InChI=1S/C15H18F4N2O2/c1-23-13-5-4-11(16)7-10(13)8-21-6-2-3-12(21)14(22)20-9-15(17,18)19/h4-5,7,12H,2-3,6,8-9H2,1H3,(H,20,22)/t12-/m1/s1. The third-order valence-corrected chi connectivity index (χ3v) is 3.75. The minimum Gasteiger partial charge on any atom is -0.496 e. The number of alkyl halides is 3. The summed E-state index contributed by atoms with van der Waals surface area (Å²) < 4.78 is 55.2. The quantitative estimate of drug-likeness (QED) is 0.841. The van der Waals surface area contributed by atoms with Gasteiger partial charge in [-0.25, -0.2) is 4.39 Å². The second kappa shape index (κ2) is 7.16. The Balaban J connectivity index is 2.04. The van der Waals surface area contributed by atoms with Crippen molar-refractivity contribution in [1.82, 2.24) is 10.2 Å². The van der Waals surface area contributed by atoms with Crippen LogP contribution in [0.1, 0.15) is 18.4 Å². The number of carbonyl (C=O) groups excluding carboxylic acids is 1. The van der Waals surface area contributed by atoms with E-state index in [9.17, 15) is 22.4 Å². The van der Waals surface area contributed by atoms with Crippen LogP contribution in [0.15, 0.2) is 18.2 Å². The molecule has 1 aliphatic heterocycles. The largest absolute Gasteiger partial charge is 0.496 e. The molecule has 0 saturated carbocycles. The fourth-order valence-corrected chi connectivity index (χ4v) is 2.71. The van der Waals surface area contributed by atoms with Crippen LogP contribution in [0.2, 0.25) is 0 Å². The van der Waals surface area contributed by atoms with Gasteiger partial charge in [0.05, 0.1) is 13.2 Å². The van der Waals surface area contributed by atoms with Crippen LogP contribution in [-0.4, -0.2) is 43.2 Å². The highest BCUT2D eigenvalue weighted by atomic mass is 19.4. The second-order valence-electron chi connectivity index (χ2n) is 5.42. The zero-order valence-electron chi connectivity index (χ0n) is 12.6. The molecule has 0 aliphatic carbocycles. The maximum atomic E-state index is 13.4. The van der Waals surface area contributed by atoms with Crippen LogP contribution in [0, 0.1) is 5.82 Å². The smallest absolute Gasteiger partial charge is 0.405 e. The first kappa shape index (κ1) is 17.5. The number of rotatable bonds is 5. The predicted octanol–water partition coefficient (Wildman–Crippen LogP) is 2.48. The van der Waals surface area contributed by atoms with E-state index in [-0.39, 0.29) is 6.54 Å². The molecule has 1 aromatic carbocycles. The molecule has 0 bridgehead atoms. The van der Waals surface area contributed by atoms with Crippen LogP contribution in [-0.2, 0) is 11.3 Å². The van der Waals surface area contributed by atoms with Crippen LogP contribution in [0.5, 0.6) is 5.75 Å². The van der Waals surface area contributed by atoms with Crippen molar-refractivity contribution >= 4 is 5.91 Å². The van der Waals surface area contributed by atoms with Gasteiger partial charge in [-0.2, -0.15) is 13.2 Å². The maximum absolute atomic E-state index is 13.4. The lowest BCUT2D eigenvalue weighted by Gasteiger charge is -2.24. The summed E-state index contributed by atoms with van der Waals surface area (Å²) in [4.78, 5) is 13.7. The Morgan fingerprint density at radius 3 is 2.83 bits per heavy atom. The van der Waals surface area contributed by atoms with Crippen molar-refractivity contribution in [3.8, 4) is 5.75 Å². The molecule has 1 aromatic rings. The van der Waals surface area contributed by atoms with E-state index in [1.165, 1.54) is 25.3 Å². The van der Waals surface area contributed by atoms with E-state index < -0.39 is 30.5 Å². The van der Waals surface area contributed by atoms with Crippen molar-refractivity contribution in [1.29, 1.82) is 0 Å². The average Bonchev–Trinajstić information content (AvgIpc) is 2.92. The number of hydrogen-bond acceptors (Lipinski definition) is 3. The number of hydrogen-bond donors (Lipinski definition) is 1. The van der Waals surface area contributed by atoms with Gasteiger partial charge >= 0.3 is 6.18 Å². The van der Waals surface area contributed by atoms with Gasteiger partial charge in [0.1, 0.15) is 18.1 Å². The minimum absolute atomic E-state index is 0.241. The van der Waals surface area contributed by atoms with E-state index in [2.05, 4.69) is 0 Å². The highest BCUT2D eigenvalue weighted by molar-refractivity contribution is 5.82. The summed E-state index contributed by atoms with van der Waals surface area (Å²) in [6, 6.07) is 3.41. The fraction of sp³-hybridized carbons (Fsp3) is 0.533. The van der Waals surface area contributed by atoms with Crippen LogP contribution in [0.3, 0.4) is 0 Å². The first-order valence-corrected chi connectivity index (χ1v) is 7.21. The van der Waals surface area contributed by atoms with E-state index in [0.717, 1.165) is 0 Å². The van der Waals surface area contributed by atoms with Crippen molar-refractivity contribution in [2.45, 2.75) is 31.6 Å². The van der Waals surface area contributed by atoms with Gasteiger partial charge < -0.3 is 10.1 Å². The fourth-order valence-electron chi connectivity index (χ4n) is 2.71. The summed E-state index contributed by atoms with van der Waals surface area (Å²) >= 11 is 0. The molecule has 23 heavy (non-hydrogen) atoms. The molecule has 1 fully saturated rings. The van der Waals surface area contributed by atoms with Gasteiger partial charge in [0, 0.05) is 12.1 Å². The van der Waals surface area contributed by atoms with E-state index >= 15 is 0 Å². The van der Waals surface area contributed by atoms with Gasteiger partial charge in [0.25, 0.3) is 0 Å². The molecule has 8 heteroatoms. The SMILES string of the molecule is COc1ccc(F)cc1CN1CCC[C@@H]1C(=O)NCC(F)(F)F. The molecule has 1 atom stereocenters. The van der Waals surface area contributed by atoms with Crippen LogP contribution < -0.4 is 10.1 Å².